The molecule has 1 aliphatic rings. The minimum absolute atomic E-state index is 0.0142. The van der Waals surface area contributed by atoms with Gasteiger partial charge in [0.2, 0.25) is 0 Å². The summed E-state index contributed by atoms with van der Waals surface area (Å²) in [6, 6.07) is 2.19. The maximum atomic E-state index is 13.5. The molecule has 0 saturated carbocycles. The van der Waals surface area contributed by atoms with Gasteiger partial charge in [0.25, 0.3) is 5.91 Å². The number of benzene rings is 1. The van der Waals surface area contributed by atoms with Gasteiger partial charge in [0.15, 0.2) is 6.61 Å². The van der Waals surface area contributed by atoms with Crippen LogP contribution in [-0.4, -0.2) is 61.8 Å². The van der Waals surface area contributed by atoms with E-state index in [0.717, 1.165) is 19.2 Å². The fourth-order valence-electron chi connectivity index (χ4n) is 2.61. The normalized spacial score (nSPS) is 15.5. The highest BCUT2D eigenvalue weighted by Crippen LogP contribution is 2.22. The Labute approximate surface area is 156 Å². The Morgan fingerprint density at radius 2 is 2.04 bits per heavy atom. The number of hydrogen-bond acceptors (Lipinski definition) is 6. The zero-order chi connectivity index (χ0) is 19.3. The number of rotatable bonds is 6. The highest BCUT2D eigenvalue weighted by molar-refractivity contribution is 6.31. The number of anilines is 1. The van der Waals surface area contributed by atoms with Crippen molar-refractivity contribution >= 4 is 29.2 Å². The van der Waals surface area contributed by atoms with Gasteiger partial charge in [0.05, 0.1) is 24.5 Å². The summed E-state index contributed by atoms with van der Waals surface area (Å²) in [5.74, 6) is -2.19. The van der Waals surface area contributed by atoms with Crippen molar-refractivity contribution in [3.63, 3.8) is 0 Å². The zero-order valence-electron chi connectivity index (χ0n) is 14.8. The first kappa shape index (κ1) is 20.4. The van der Waals surface area contributed by atoms with Crippen molar-refractivity contribution in [3.05, 3.63) is 28.5 Å². The molecule has 1 fully saturated rings. The number of nitrogens with zero attached hydrogens (tertiary/aromatic N) is 1. The Balaban J connectivity index is 1.84. The van der Waals surface area contributed by atoms with E-state index in [2.05, 4.69) is 10.2 Å². The second kappa shape index (κ2) is 8.66. The van der Waals surface area contributed by atoms with Crippen LogP contribution in [0.25, 0.3) is 0 Å². The predicted octanol–water partition coefficient (Wildman–Crippen LogP) is 1.45. The van der Waals surface area contributed by atoms with Crippen LogP contribution in [0, 0.1) is 5.82 Å². The standard InChI is InChI=1S/C17H23ClFN3O4/c1-17(2,22-3-5-25-6-4-22)10-21-14(23)9-26-16(24)12-7-11(18)8-13(19)15(12)20/h7-8H,3-6,9-10,20H2,1-2H3,(H,21,23). The van der Waals surface area contributed by atoms with E-state index in [4.69, 9.17) is 26.8 Å². The highest BCUT2D eigenvalue weighted by atomic mass is 35.5. The van der Waals surface area contributed by atoms with Crippen LogP contribution < -0.4 is 11.1 Å². The monoisotopic (exact) mass is 387 g/mol. The van der Waals surface area contributed by atoms with Crippen LogP contribution in [0.15, 0.2) is 12.1 Å². The second-order valence-corrected chi connectivity index (χ2v) is 7.05. The van der Waals surface area contributed by atoms with Crippen molar-refractivity contribution in [3.8, 4) is 0 Å². The van der Waals surface area contributed by atoms with Gasteiger partial charge in [-0.2, -0.15) is 0 Å². The van der Waals surface area contributed by atoms with E-state index in [-0.39, 0.29) is 21.8 Å². The number of morpholine rings is 1. The van der Waals surface area contributed by atoms with Gasteiger partial charge in [-0.25, -0.2) is 9.18 Å². The summed E-state index contributed by atoms with van der Waals surface area (Å²) in [6.07, 6.45) is 0. The number of amides is 1. The largest absolute Gasteiger partial charge is 0.452 e. The molecule has 2 rings (SSSR count). The Morgan fingerprint density at radius 3 is 2.69 bits per heavy atom. The van der Waals surface area contributed by atoms with Gasteiger partial charge in [-0.05, 0) is 26.0 Å². The Bertz CT molecular complexity index is 678. The van der Waals surface area contributed by atoms with E-state index < -0.39 is 24.3 Å². The third-order valence-electron chi connectivity index (χ3n) is 4.23. The number of halogens is 2. The van der Waals surface area contributed by atoms with Gasteiger partial charge in [0, 0.05) is 30.2 Å². The van der Waals surface area contributed by atoms with Crippen LogP contribution in [0.1, 0.15) is 24.2 Å². The summed E-state index contributed by atoms with van der Waals surface area (Å²) in [5.41, 5.74) is 4.67. The first-order valence-electron chi connectivity index (χ1n) is 8.22. The number of nitrogen functional groups attached to an aromatic ring is 1. The topological polar surface area (TPSA) is 93.9 Å². The molecule has 1 aromatic carbocycles. The molecular formula is C17H23ClFN3O4. The van der Waals surface area contributed by atoms with Crippen LogP contribution >= 0.6 is 11.6 Å². The molecule has 0 aliphatic carbocycles. The lowest BCUT2D eigenvalue weighted by Gasteiger charge is -2.40. The number of esters is 1. The number of ether oxygens (including phenoxy) is 2. The van der Waals surface area contributed by atoms with Gasteiger partial charge in [-0.1, -0.05) is 11.6 Å². The number of nitrogens with two attached hydrogens (primary N) is 1. The lowest BCUT2D eigenvalue weighted by atomic mass is 10.0. The molecule has 144 valence electrons. The molecule has 7 nitrogen and oxygen atoms in total. The molecule has 1 aliphatic heterocycles. The van der Waals surface area contributed by atoms with Crippen LogP contribution in [0.2, 0.25) is 5.02 Å². The van der Waals surface area contributed by atoms with E-state index >= 15 is 0 Å². The Morgan fingerprint density at radius 1 is 1.38 bits per heavy atom. The molecule has 26 heavy (non-hydrogen) atoms. The molecule has 1 heterocycles. The Kier molecular flexibility index (Phi) is 6.80. The van der Waals surface area contributed by atoms with Gasteiger partial charge in [-0.3, -0.25) is 9.69 Å². The maximum Gasteiger partial charge on any atom is 0.340 e. The highest BCUT2D eigenvalue weighted by Gasteiger charge is 2.28. The molecule has 0 bridgehead atoms. The molecule has 0 aromatic heterocycles. The fraction of sp³-hybridized carbons (Fsp3) is 0.529. The van der Waals surface area contributed by atoms with Gasteiger partial charge >= 0.3 is 5.97 Å². The van der Waals surface area contributed by atoms with E-state index in [1.807, 2.05) is 13.8 Å². The van der Waals surface area contributed by atoms with Crippen molar-refractivity contribution < 1.29 is 23.5 Å². The number of nitrogens with one attached hydrogen (secondary N) is 1. The first-order valence-corrected chi connectivity index (χ1v) is 8.59. The summed E-state index contributed by atoms with van der Waals surface area (Å²) < 4.78 is 23.7. The lowest BCUT2D eigenvalue weighted by molar-refractivity contribution is -0.125. The zero-order valence-corrected chi connectivity index (χ0v) is 15.6. The lowest BCUT2D eigenvalue weighted by Crippen LogP contribution is -2.55. The van der Waals surface area contributed by atoms with E-state index in [9.17, 15) is 14.0 Å². The van der Waals surface area contributed by atoms with Gasteiger partial charge in [0.1, 0.15) is 5.82 Å². The molecule has 1 saturated heterocycles. The third-order valence-corrected chi connectivity index (χ3v) is 4.45. The van der Waals surface area contributed by atoms with Crippen molar-refractivity contribution in [1.29, 1.82) is 0 Å². The summed E-state index contributed by atoms with van der Waals surface area (Å²) in [7, 11) is 0. The first-order chi connectivity index (χ1) is 12.2. The Hall–Kier alpha value is -1.90. The molecule has 9 heteroatoms. The SMILES string of the molecule is CC(C)(CNC(=O)COC(=O)c1cc(Cl)cc(F)c1N)N1CCOCC1. The average molecular weight is 388 g/mol. The molecule has 0 unspecified atom stereocenters. The van der Waals surface area contributed by atoms with E-state index in [0.29, 0.717) is 19.8 Å². The van der Waals surface area contributed by atoms with Crippen LogP contribution in [0.5, 0.6) is 0 Å². The van der Waals surface area contributed by atoms with Gasteiger partial charge < -0.3 is 20.5 Å². The molecule has 1 amide bonds. The summed E-state index contributed by atoms with van der Waals surface area (Å²) in [4.78, 5) is 26.2. The van der Waals surface area contributed by atoms with Crippen molar-refractivity contribution in [1.82, 2.24) is 10.2 Å². The third kappa shape index (κ3) is 5.30. The summed E-state index contributed by atoms with van der Waals surface area (Å²) in [5, 5.41) is 2.75. The predicted molar refractivity (Wildman–Crippen MR) is 95.6 cm³/mol. The number of hydrogen-bond donors (Lipinski definition) is 2. The molecule has 0 spiro atoms. The van der Waals surface area contributed by atoms with Crippen LogP contribution in [0.4, 0.5) is 10.1 Å². The van der Waals surface area contributed by atoms with E-state index in [1.54, 1.807) is 0 Å². The molecule has 0 atom stereocenters. The number of carbonyl (C=O) groups is 2. The van der Waals surface area contributed by atoms with Crippen molar-refractivity contribution in [2.45, 2.75) is 19.4 Å². The minimum atomic E-state index is -0.911. The molecular weight excluding hydrogens is 365 g/mol. The second-order valence-electron chi connectivity index (χ2n) is 6.61. The van der Waals surface area contributed by atoms with E-state index in [1.165, 1.54) is 6.07 Å². The fourth-order valence-corrected chi connectivity index (χ4v) is 2.81. The maximum absolute atomic E-state index is 13.5. The summed E-state index contributed by atoms with van der Waals surface area (Å²) >= 11 is 5.71. The van der Waals surface area contributed by atoms with Crippen molar-refractivity contribution in [2.75, 3.05) is 45.2 Å². The van der Waals surface area contributed by atoms with Crippen molar-refractivity contribution in [2.24, 2.45) is 0 Å². The quantitative estimate of drug-likeness (QED) is 0.566. The molecule has 3 N–H and O–H groups in total. The molecule has 0 radical (unpaired) electrons. The average Bonchev–Trinajstić information content (AvgIpc) is 2.61. The summed E-state index contributed by atoms with van der Waals surface area (Å²) in [6.45, 7) is 6.82. The van der Waals surface area contributed by atoms with Gasteiger partial charge in [-0.15, -0.1) is 0 Å². The van der Waals surface area contributed by atoms with Crippen LogP contribution in [-0.2, 0) is 14.3 Å². The van der Waals surface area contributed by atoms with Crippen LogP contribution in [0.3, 0.4) is 0 Å². The smallest absolute Gasteiger partial charge is 0.340 e. The minimum Gasteiger partial charge on any atom is -0.452 e. The molecule has 1 aromatic rings. The number of carbonyl (C=O) groups excluding carboxylic acids is 2.